The Kier molecular flexibility index (Phi) is 2.92. The monoisotopic (exact) mass is 234 g/mol. The van der Waals surface area contributed by atoms with Crippen molar-refractivity contribution in [2.75, 3.05) is 0 Å². The average molecular weight is 234 g/mol. The highest BCUT2D eigenvalue weighted by atomic mass is 19.4. The summed E-state index contributed by atoms with van der Waals surface area (Å²) < 4.78 is 38.3. The van der Waals surface area contributed by atoms with E-state index in [1.807, 2.05) is 0 Å². The Balaban J connectivity index is 2.18. The third-order valence-corrected chi connectivity index (χ3v) is 2.96. The van der Waals surface area contributed by atoms with E-state index >= 15 is 0 Å². The molecule has 1 aliphatic carbocycles. The van der Waals surface area contributed by atoms with Crippen molar-refractivity contribution in [1.29, 1.82) is 0 Å². The summed E-state index contributed by atoms with van der Waals surface area (Å²) in [5.74, 6) is 0. The highest BCUT2D eigenvalue weighted by Crippen LogP contribution is 2.32. The molecule has 0 saturated heterocycles. The summed E-state index contributed by atoms with van der Waals surface area (Å²) in [5, 5.41) is 13.4. The molecule has 0 spiro atoms. The van der Waals surface area contributed by atoms with Gasteiger partial charge in [0.15, 0.2) is 0 Å². The molecule has 2 atom stereocenters. The summed E-state index contributed by atoms with van der Waals surface area (Å²) in [7, 11) is 0. The van der Waals surface area contributed by atoms with Crippen LogP contribution in [0.15, 0.2) is 12.4 Å². The Bertz CT molecular complexity index is 361. The van der Waals surface area contributed by atoms with Crippen molar-refractivity contribution in [1.82, 2.24) is 9.78 Å². The van der Waals surface area contributed by atoms with E-state index in [4.69, 9.17) is 0 Å². The van der Waals surface area contributed by atoms with Gasteiger partial charge in [-0.25, -0.2) is 0 Å². The van der Waals surface area contributed by atoms with Crippen LogP contribution in [0.5, 0.6) is 0 Å². The molecular formula is C10H13F3N2O. The minimum atomic E-state index is -4.36. The predicted octanol–water partition coefficient (Wildman–Crippen LogP) is 2.38. The van der Waals surface area contributed by atoms with Gasteiger partial charge in [-0.15, -0.1) is 0 Å². The third-order valence-electron chi connectivity index (χ3n) is 2.96. The fourth-order valence-electron chi connectivity index (χ4n) is 2.07. The van der Waals surface area contributed by atoms with Crippen LogP contribution in [0, 0.1) is 0 Å². The van der Waals surface area contributed by atoms with Gasteiger partial charge in [-0.3, -0.25) is 4.68 Å². The lowest BCUT2D eigenvalue weighted by Crippen LogP contribution is -2.27. The number of aliphatic hydroxyl groups is 1. The largest absolute Gasteiger partial charge is 0.419 e. The number of rotatable bonds is 1. The van der Waals surface area contributed by atoms with Crippen molar-refractivity contribution in [3.63, 3.8) is 0 Å². The molecule has 1 aliphatic rings. The Morgan fingerprint density at radius 3 is 2.56 bits per heavy atom. The smallest absolute Gasteiger partial charge is 0.391 e. The summed E-state index contributed by atoms with van der Waals surface area (Å²) >= 11 is 0. The number of aliphatic hydroxyl groups excluding tert-OH is 1. The van der Waals surface area contributed by atoms with Crippen LogP contribution in [0.2, 0.25) is 0 Å². The van der Waals surface area contributed by atoms with Gasteiger partial charge in [0, 0.05) is 6.20 Å². The number of nitrogens with zero attached hydrogens (tertiary/aromatic N) is 2. The number of halogens is 3. The van der Waals surface area contributed by atoms with Crippen LogP contribution in [0.1, 0.15) is 37.3 Å². The van der Waals surface area contributed by atoms with Crippen LogP contribution >= 0.6 is 0 Å². The lowest BCUT2D eigenvalue weighted by molar-refractivity contribution is -0.137. The maximum atomic E-state index is 12.3. The lowest BCUT2D eigenvalue weighted by Gasteiger charge is -2.27. The third kappa shape index (κ3) is 2.21. The molecule has 1 N–H and O–H groups in total. The van der Waals surface area contributed by atoms with Crippen LogP contribution in [-0.2, 0) is 6.18 Å². The average Bonchev–Trinajstić information content (AvgIpc) is 2.66. The van der Waals surface area contributed by atoms with Gasteiger partial charge in [-0.2, -0.15) is 18.3 Å². The summed E-state index contributed by atoms with van der Waals surface area (Å²) in [6, 6.07) is -0.315. The van der Waals surface area contributed by atoms with Crippen molar-refractivity contribution in [3.8, 4) is 0 Å². The van der Waals surface area contributed by atoms with E-state index in [1.165, 1.54) is 4.68 Å². The fraction of sp³-hybridized carbons (Fsp3) is 0.700. The van der Waals surface area contributed by atoms with Crippen LogP contribution in [0.3, 0.4) is 0 Å². The molecule has 1 fully saturated rings. The minimum absolute atomic E-state index is 0.315. The van der Waals surface area contributed by atoms with Crippen molar-refractivity contribution in [2.24, 2.45) is 0 Å². The van der Waals surface area contributed by atoms with Gasteiger partial charge in [-0.05, 0) is 12.8 Å². The molecule has 2 rings (SSSR count). The number of hydrogen-bond acceptors (Lipinski definition) is 2. The zero-order valence-electron chi connectivity index (χ0n) is 8.61. The molecular weight excluding hydrogens is 221 g/mol. The maximum Gasteiger partial charge on any atom is 0.419 e. The topological polar surface area (TPSA) is 38.0 Å². The van der Waals surface area contributed by atoms with Crippen molar-refractivity contribution < 1.29 is 18.3 Å². The first-order valence-electron chi connectivity index (χ1n) is 5.28. The van der Waals surface area contributed by atoms with Crippen LogP contribution in [0.25, 0.3) is 0 Å². The molecule has 0 aromatic carbocycles. The second-order valence-corrected chi connectivity index (χ2v) is 4.13. The highest BCUT2D eigenvalue weighted by Gasteiger charge is 2.34. The van der Waals surface area contributed by atoms with Crippen molar-refractivity contribution in [3.05, 3.63) is 18.0 Å². The Morgan fingerprint density at radius 1 is 1.31 bits per heavy atom. The van der Waals surface area contributed by atoms with Crippen LogP contribution < -0.4 is 0 Å². The molecule has 2 unspecified atom stereocenters. The van der Waals surface area contributed by atoms with Gasteiger partial charge in [0.25, 0.3) is 0 Å². The van der Waals surface area contributed by atoms with Crippen molar-refractivity contribution in [2.45, 2.75) is 44.0 Å². The molecule has 16 heavy (non-hydrogen) atoms. The van der Waals surface area contributed by atoms with Gasteiger partial charge in [0.1, 0.15) is 0 Å². The highest BCUT2D eigenvalue weighted by molar-refractivity contribution is 5.09. The van der Waals surface area contributed by atoms with Crippen LogP contribution in [0.4, 0.5) is 13.2 Å². The molecule has 1 aromatic heterocycles. The predicted molar refractivity (Wildman–Crippen MR) is 50.7 cm³/mol. The maximum absolute atomic E-state index is 12.3. The zero-order valence-corrected chi connectivity index (χ0v) is 8.61. The SMILES string of the molecule is OC1CCCCC1n1cc(C(F)(F)F)cn1. The normalized spacial score (nSPS) is 27.0. The Labute approximate surface area is 90.9 Å². The second kappa shape index (κ2) is 4.08. The molecule has 3 nitrogen and oxygen atoms in total. The first-order chi connectivity index (χ1) is 7.48. The number of alkyl halides is 3. The Hall–Kier alpha value is -1.04. The molecule has 0 aliphatic heterocycles. The second-order valence-electron chi connectivity index (χ2n) is 4.13. The molecule has 1 saturated carbocycles. The molecule has 0 radical (unpaired) electrons. The quantitative estimate of drug-likeness (QED) is 0.810. The molecule has 1 aromatic rings. The number of hydrogen-bond donors (Lipinski definition) is 1. The van der Waals surface area contributed by atoms with E-state index in [1.54, 1.807) is 0 Å². The molecule has 0 amide bonds. The first kappa shape index (κ1) is 11.4. The van der Waals surface area contributed by atoms with E-state index in [9.17, 15) is 18.3 Å². The molecule has 6 heteroatoms. The molecule has 1 heterocycles. The van der Waals surface area contributed by atoms with Gasteiger partial charge in [0.05, 0.1) is 23.9 Å². The van der Waals surface area contributed by atoms with Gasteiger partial charge in [0.2, 0.25) is 0 Å². The van der Waals surface area contributed by atoms with Crippen LogP contribution in [-0.4, -0.2) is 21.0 Å². The number of aromatic nitrogens is 2. The summed E-state index contributed by atoms with van der Waals surface area (Å²) in [5.41, 5.74) is -0.759. The molecule has 90 valence electrons. The summed E-state index contributed by atoms with van der Waals surface area (Å²) in [6.07, 6.45) is -0.0203. The first-order valence-corrected chi connectivity index (χ1v) is 5.28. The van der Waals surface area contributed by atoms with Gasteiger partial charge in [-0.1, -0.05) is 12.8 Å². The summed E-state index contributed by atoms with van der Waals surface area (Å²) in [4.78, 5) is 0. The van der Waals surface area contributed by atoms with Crippen molar-refractivity contribution >= 4 is 0 Å². The van der Waals surface area contributed by atoms with Gasteiger partial charge >= 0.3 is 6.18 Å². The van der Waals surface area contributed by atoms with E-state index in [0.29, 0.717) is 12.8 Å². The fourth-order valence-corrected chi connectivity index (χ4v) is 2.07. The van der Waals surface area contributed by atoms with Gasteiger partial charge < -0.3 is 5.11 Å². The lowest BCUT2D eigenvalue weighted by atomic mass is 9.93. The van der Waals surface area contributed by atoms with E-state index < -0.39 is 17.8 Å². The summed E-state index contributed by atoms with van der Waals surface area (Å²) in [6.45, 7) is 0. The molecule has 0 bridgehead atoms. The zero-order chi connectivity index (χ0) is 11.8. The minimum Gasteiger partial charge on any atom is -0.391 e. The van der Waals surface area contributed by atoms with E-state index in [-0.39, 0.29) is 6.04 Å². The standard InChI is InChI=1S/C10H13F3N2O/c11-10(12,13)7-5-14-15(6-7)8-3-1-2-4-9(8)16/h5-6,8-9,16H,1-4H2. The van der Waals surface area contributed by atoms with E-state index in [2.05, 4.69) is 5.10 Å². The Morgan fingerprint density at radius 2 is 2.00 bits per heavy atom. The van der Waals surface area contributed by atoms with E-state index in [0.717, 1.165) is 25.2 Å².